The smallest absolute Gasteiger partial charge is 0.123 e. The molecule has 0 saturated carbocycles. The zero-order valence-corrected chi connectivity index (χ0v) is 9.28. The molecule has 1 aromatic rings. The van der Waals surface area contributed by atoms with Gasteiger partial charge in [-0.15, -0.1) is 0 Å². The van der Waals surface area contributed by atoms with Crippen molar-refractivity contribution in [3.63, 3.8) is 0 Å². The molecule has 1 aromatic carbocycles. The number of hydrogen-bond acceptors (Lipinski definition) is 3. The summed E-state index contributed by atoms with van der Waals surface area (Å²) in [4.78, 5) is 0. The Morgan fingerprint density at radius 2 is 2.43 bits per heavy atom. The summed E-state index contributed by atoms with van der Waals surface area (Å²) in [6.07, 6.45) is 0. The molecule has 1 N–H and O–H groups in total. The third-order valence-electron chi connectivity index (χ3n) is 2.41. The van der Waals surface area contributed by atoms with E-state index in [1.54, 1.807) is 6.92 Å². The molecule has 74 valence electrons. The van der Waals surface area contributed by atoms with Gasteiger partial charge in [-0.1, -0.05) is 21.1 Å². The van der Waals surface area contributed by atoms with Crippen LogP contribution in [0.25, 0.3) is 0 Å². The monoisotopic (exact) mass is 255 g/mol. The molecule has 0 amide bonds. The average Bonchev–Trinajstić information content (AvgIpc) is 2.59. The Labute approximate surface area is 90.5 Å². The molecule has 1 aliphatic rings. The highest BCUT2D eigenvalue weighted by Crippen LogP contribution is 2.36. The molecular formula is C10H10BrNO2. The van der Waals surface area contributed by atoms with E-state index in [9.17, 15) is 0 Å². The number of hydrogen-bond donors (Lipinski definition) is 1. The molecule has 0 aromatic heterocycles. The topological polar surface area (TPSA) is 41.8 Å². The number of benzene rings is 1. The fraction of sp³-hybridized carbons (Fsp3) is 0.300. The molecule has 0 radical (unpaired) electrons. The lowest BCUT2D eigenvalue weighted by Crippen LogP contribution is -2.10. The highest BCUT2D eigenvalue weighted by Gasteiger charge is 2.26. The van der Waals surface area contributed by atoms with Crippen LogP contribution in [0.1, 0.15) is 18.4 Å². The van der Waals surface area contributed by atoms with Crippen molar-refractivity contribution in [2.24, 2.45) is 5.16 Å². The SMILES string of the molecule is CC(=NO)[C@H]1COc2ccc(Br)cc21. The summed E-state index contributed by atoms with van der Waals surface area (Å²) in [5.41, 5.74) is 1.76. The minimum absolute atomic E-state index is 0.0764. The van der Waals surface area contributed by atoms with Crippen LogP contribution in [0.3, 0.4) is 0 Å². The third kappa shape index (κ3) is 1.50. The van der Waals surface area contributed by atoms with E-state index >= 15 is 0 Å². The lowest BCUT2D eigenvalue weighted by Gasteiger charge is -2.05. The first kappa shape index (κ1) is 9.52. The van der Waals surface area contributed by atoms with Crippen molar-refractivity contribution in [3.8, 4) is 5.75 Å². The Kier molecular flexibility index (Phi) is 2.46. The van der Waals surface area contributed by atoms with Gasteiger partial charge in [-0.3, -0.25) is 0 Å². The second-order valence-electron chi connectivity index (χ2n) is 3.29. The molecule has 0 spiro atoms. The number of oxime groups is 1. The van der Waals surface area contributed by atoms with Crippen molar-refractivity contribution in [1.82, 2.24) is 0 Å². The maximum atomic E-state index is 8.71. The zero-order valence-electron chi connectivity index (χ0n) is 7.70. The van der Waals surface area contributed by atoms with Gasteiger partial charge in [0.15, 0.2) is 0 Å². The Bertz CT molecular complexity index is 390. The fourth-order valence-electron chi connectivity index (χ4n) is 1.60. The third-order valence-corrected chi connectivity index (χ3v) is 2.91. The lowest BCUT2D eigenvalue weighted by atomic mass is 9.97. The van der Waals surface area contributed by atoms with Gasteiger partial charge in [0, 0.05) is 10.0 Å². The summed E-state index contributed by atoms with van der Waals surface area (Å²) < 4.78 is 6.49. The molecule has 4 heteroatoms. The van der Waals surface area contributed by atoms with Crippen molar-refractivity contribution in [3.05, 3.63) is 28.2 Å². The molecule has 3 nitrogen and oxygen atoms in total. The first-order valence-corrected chi connectivity index (χ1v) is 5.12. The molecule has 0 saturated heterocycles. The Morgan fingerprint density at radius 1 is 1.64 bits per heavy atom. The van der Waals surface area contributed by atoms with E-state index in [2.05, 4.69) is 21.1 Å². The molecule has 1 atom stereocenters. The Morgan fingerprint density at radius 3 is 3.14 bits per heavy atom. The number of rotatable bonds is 1. The van der Waals surface area contributed by atoms with Crippen LogP contribution in [-0.2, 0) is 0 Å². The van der Waals surface area contributed by atoms with E-state index in [1.807, 2.05) is 18.2 Å². The largest absolute Gasteiger partial charge is 0.492 e. The second kappa shape index (κ2) is 3.61. The van der Waals surface area contributed by atoms with Crippen molar-refractivity contribution < 1.29 is 9.94 Å². The quantitative estimate of drug-likeness (QED) is 0.477. The molecular weight excluding hydrogens is 246 g/mol. The van der Waals surface area contributed by atoms with Gasteiger partial charge in [0.25, 0.3) is 0 Å². The van der Waals surface area contributed by atoms with Gasteiger partial charge in [-0.05, 0) is 25.1 Å². The van der Waals surface area contributed by atoms with E-state index in [1.165, 1.54) is 0 Å². The highest BCUT2D eigenvalue weighted by atomic mass is 79.9. The van der Waals surface area contributed by atoms with Crippen molar-refractivity contribution >= 4 is 21.6 Å². The summed E-state index contributed by atoms with van der Waals surface area (Å²) in [5, 5.41) is 11.9. The number of nitrogens with zero attached hydrogens (tertiary/aromatic N) is 1. The van der Waals surface area contributed by atoms with Crippen LogP contribution >= 0.6 is 15.9 Å². The maximum Gasteiger partial charge on any atom is 0.123 e. The van der Waals surface area contributed by atoms with E-state index in [4.69, 9.17) is 9.94 Å². The number of fused-ring (bicyclic) bond motifs is 1. The number of halogens is 1. The van der Waals surface area contributed by atoms with Crippen LogP contribution in [-0.4, -0.2) is 17.5 Å². The molecule has 2 rings (SSSR count). The molecule has 0 aliphatic carbocycles. The van der Waals surface area contributed by atoms with Gasteiger partial charge in [-0.25, -0.2) is 0 Å². The standard InChI is InChI=1S/C10H10BrNO2/c1-6(12-13)9-5-14-10-3-2-7(11)4-8(9)10/h2-4,9,13H,5H2,1H3/t9-/m1/s1. The van der Waals surface area contributed by atoms with E-state index < -0.39 is 0 Å². The Balaban J connectivity index is 2.43. The average molecular weight is 256 g/mol. The van der Waals surface area contributed by atoms with Crippen molar-refractivity contribution in [2.75, 3.05) is 6.61 Å². The van der Waals surface area contributed by atoms with Crippen LogP contribution in [0.2, 0.25) is 0 Å². The summed E-state index contributed by atoms with van der Waals surface area (Å²) in [6.45, 7) is 2.35. The minimum Gasteiger partial charge on any atom is -0.492 e. The summed E-state index contributed by atoms with van der Waals surface area (Å²) >= 11 is 3.41. The van der Waals surface area contributed by atoms with Crippen molar-refractivity contribution in [1.29, 1.82) is 0 Å². The highest BCUT2D eigenvalue weighted by molar-refractivity contribution is 9.10. The summed E-state index contributed by atoms with van der Waals surface area (Å²) in [5.74, 6) is 0.952. The minimum atomic E-state index is 0.0764. The molecule has 1 aliphatic heterocycles. The molecule has 1 heterocycles. The van der Waals surface area contributed by atoms with Crippen LogP contribution in [0.15, 0.2) is 27.8 Å². The molecule has 0 fully saturated rings. The normalized spacial score (nSPS) is 20.4. The van der Waals surface area contributed by atoms with Crippen molar-refractivity contribution in [2.45, 2.75) is 12.8 Å². The van der Waals surface area contributed by atoms with Gasteiger partial charge in [0.2, 0.25) is 0 Å². The molecule has 0 unspecified atom stereocenters. The molecule has 14 heavy (non-hydrogen) atoms. The van der Waals surface area contributed by atoms with Gasteiger partial charge >= 0.3 is 0 Å². The number of ether oxygens (including phenoxy) is 1. The van der Waals surface area contributed by atoms with Crippen LogP contribution in [0, 0.1) is 0 Å². The first-order valence-electron chi connectivity index (χ1n) is 4.33. The van der Waals surface area contributed by atoms with Crippen LogP contribution in [0.5, 0.6) is 5.75 Å². The zero-order chi connectivity index (χ0) is 10.1. The predicted molar refractivity (Wildman–Crippen MR) is 57.3 cm³/mol. The second-order valence-corrected chi connectivity index (χ2v) is 4.20. The maximum absolute atomic E-state index is 8.71. The Hall–Kier alpha value is -1.03. The van der Waals surface area contributed by atoms with E-state index in [0.717, 1.165) is 15.8 Å². The predicted octanol–water partition coefficient (Wildman–Crippen LogP) is 2.78. The first-order chi connectivity index (χ1) is 6.72. The van der Waals surface area contributed by atoms with Gasteiger partial charge < -0.3 is 9.94 Å². The van der Waals surface area contributed by atoms with Crippen LogP contribution in [0.4, 0.5) is 0 Å². The van der Waals surface area contributed by atoms with E-state index in [0.29, 0.717) is 12.3 Å². The van der Waals surface area contributed by atoms with Crippen LogP contribution < -0.4 is 4.74 Å². The van der Waals surface area contributed by atoms with Gasteiger partial charge in [0.05, 0.1) is 11.6 Å². The summed E-state index contributed by atoms with van der Waals surface area (Å²) in [6, 6.07) is 5.86. The summed E-state index contributed by atoms with van der Waals surface area (Å²) in [7, 11) is 0. The molecule has 0 bridgehead atoms. The fourth-order valence-corrected chi connectivity index (χ4v) is 1.98. The van der Waals surface area contributed by atoms with Gasteiger partial charge in [0.1, 0.15) is 12.4 Å². The van der Waals surface area contributed by atoms with Gasteiger partial charge in [-0.2, -0.15) is 0 Å². The lowest BCUT2D eigenvalue weighted by molar-refractivity contribution is 0.310. The van der Waals surface area contributed by atoms with E-state index in [-0.39, 0.29) is 5.92 Å².